The Labute approximate surface area is 342 Å². The molecule has 11 atom stereocenters. The number of nitrogens with zero attached hydrogens (tertiary/aromatic N) is 1. The van der Waals surface area contributed by atoms with Crippen molar-refractivity contribution in [2.75, 3.05) is 13.1 Å². The van der Waals surface area contributed by atoms with Crippen LogP contribution < -0.4 is 0 Å². The topological polar surface area (TPSA) is 87.1 Å². The van der Waals surface area contributed by atoms with Crippen LogP contribution in [0.5, 0.6) is 0 Å². The lowest BCUT2D eigenvalue weighted by Gasteiger charge is -2.71. The molecule has 6 nitrogen and oxygen atoms in total. The van der Waals surface area contributed by atoms with Crippen LogP contribution in [0.2, 0.25) is 0 Å². The molecular formula is C51H71NO5. The first-order valence-corrected chi connectivity index (χ1v) is 23.5. The SMILES string of the molecule is CC(C)[C@H]1CC[C@H](C)C[C@@H]1OC(=O)N(CC12CC3CC(CC(C3)C1)C2)C[C@]1(O)CC[C@H]2[C@]34C=C[C@@]5(C=C3C(=O)c3ccccc3)CC(O)CC[C@]5(C)[C@H]4CC[C@@]21C. The van der Waals surface area contributed by atoms with E-state index in [9.17, 15) is 19.8 Å². The predicted octanol–water partition coefficient (Wildman–Crippen LogP) is 10.6. The summed E-state index contributed by atoms with van der Waals surface area (Å²) in [5, 5.41) is 24.7. The van der Waals surface area contributed by atoms with Crippen molar-refractivity contribution in [3.05, 3.63) is 59.7 Å². The fourth-order valence-electron chi connectivity index (χ4n) is 17.2. The van der Waals surface area contributed by atoms with E-state index in [1.807, 2.05) is 30.3 Å². The van der Waals surface area contributed by atoms with Gasteiger partial charge in [0.25, 0.3) is 0 Å². The normalized spacial score (nSPS) is 48.9. The first kappa shape index (κ1) is 38.7. The van der Waals surface area contributed by atoms with Crippen molar-refractivity contribution in [3.8, 4) is 0 Å². The number of benzene rings is 1. The van der Waals surface area contributed by atoms with E-state index in [0.717, 1.165) is 68.3 Å². The number of ketones is 1. The number of aliphatic hydroxyl groups is 2. The molecule has 0 aromatic heterocycles. The first-order valence-electron chi connectivity index (χ1n) is 23.5. The third kappa shape index (κ3) is 5.66. The monoisotopic (exact) mass is 778 g/mol. The van der Waals surface area contributed by atoms with Crippen LogP contribution in [0, 0.1) is 74.4 Å². The molecule has 1 aromatic carbocycles. The molecule has 0 heterocycles. The Morgan fingerprint density at radius 3 is 2.14 bits per heavy atom. The number of carbonyl (C=O) groups excluding carboxylic acids is 2. The lowest BCUT2D eigenvalue weighted by atomic mass is 9.32. The van der Waals surface area contributed by atoms with Gasteiger partial charge in [0.05, 0.1) is 18.2 Å². The van der Waals surface area contributed by atoms with Gasteiger partial charge < -0.3 is 19.8 Å². The largest absolute Gasteiger partial charge is 0.446 e. The lowest BCUT2D eigenvalue weighted by Crippen LogP contribution is -2.67. The summed E-state index contributed by atoms with van der Waals surface area (Å²) >= 11 is 0. The van der Waals surface area contributed by atoms with E-state index in [1.54, 1.807) is 0 Å². The van der Waals surface area contributed by atoms with E-state index in [1.165, 1.54) is 44.9 Å². The highest BCUT2D eigenvalue weighted by atomic mass is 16.6. The second-order valence-electron chi connectivity index (χ2n) is 23.0. The van der Waals surface area contributed by atoms with Crippen LogP contribution in [0.1, 0.15) is 148 Å². The Bertz CT molecular complexity index is 1800. The Kier molecular flexibility index (Phi) is 9.03. The molecule has 1 aromatic rings. The van der Waals surface area contributed by atoms with Crippen molar-refractivity contribution >= 4 is 11.9 Å². The van der Waals surface area contributed by atoms with Gasteiger partial charge in [-0.15, -0.1) is 0 Å². The summed E-state index contributed by atoms with van der Waals surface area (Å²) < 4.78 is 6.74. The van der Waals surface area contributed by atoms with Crippen LogP contribution >= 0.6 is 0 Å². The van der Waals surface area contributed by atoms with Gasteiger partial charge >= 0.3 is 6.09 Å². The second-order valence-corrected chi connectivity index (χ2v) is 23.0. The number of amides is 1. The minimum Gasteiger partial charge on any atom is -0.446 e. The number of Topliss-reactive ketones (excluding diaryl/α,β-unsaturated/α-hetero) is 1. The van der Waals surface area contributed by atoms with Gasteiger partial charge in [-0.05, 0) is 154 Å². The van der Waals surface area contributed by atoms with Crippen LogP contribution in [0.4, 0.5) is 4.79 Å². The van der Waals surface area contributed by atoms with Crippen molar-refractivity contribution in [3.63, 3.8) is 0 Å². The molecule has 8 fully saturated rings. The van der Waals surface area contributed by atoms with E-state index >= 15 is 0 Å². The maximum absolute atomic E-state index is 15.0. The van der Waals surface area contributed by atoms with Gasteiger partial charge in [-0.25, -0.2) is 4.79 Å². The van der Waals surface area contributed by atoms with Gasteiger partial charge in [-0.2, -0.15) is 0 Å². The van der Waals surface area contributed by atoms with Gasteiger partial charge in [0.2, 0.25) is 0 Å². The van der Waals surface area contributed by atoms with Crippen LogP contribution in [-0.4, -0.2) is 57.9 Å². The van der Waals surface area contributed by atoms with Crippen molar-refractivity contribution in [1.29, 1.82) is 0 Å². The number of carbonyl (C=O) groups is 2. The van der Waals surface area contributed by atoms with Crippen molar-refractivity contribution in [2.24, 2.45) is 74.4 Å². The molecule has 0 radical (unpaired) electrons. The summed E-state index contributed by atoms with van der Waals surface area (Å²) in [7, 11) is 0. The Hall–Kier alpha value is -2.44. The summed E-state index contributed by atoms with van der Waals surface area (Å²) in [6.45, 7) is 12.6. The zero-order valence-corrected chi connectivity index (χ0v) is 35.7. The molecule has 2 spiro atoms. The average Bonchev–Trinajstić information content (AvgIpc) is 3.43. The van der Waals surface area contributed by atoms with Crippen LogP contribution in [0.25, 0.3) is 0 Å². The Morgan fingerprint density at radius 2 is 1.46 bits per heavy atom. The molecule has 12 rings (SSSR count). The van der Waals surface area contributed by atoms with Crippen LogP contribution in [0.15, 0.2) is 54.1 Å². The van der Waals surface area contributed by atoms with Gasteiger partial charge in [-0.1, -0.05) is 89.6 Å². The van der Waals surface area contributed by atoms with Gasteiger partial charge in [0.15, 0.2) is 5.78 Å². The smallest absolute Gasteiger partial charge is 0.410 e. The number of hydrogen-bond donors (Lipinski definition) is 2. The fraction of sp³-hybridized carbons (Fsp3) is 0.765. The van der Waals surface area contributed by atoms with E-state index in [0.29, 0.717) is 49.2 Å². The third-order valence-corrected chi connectivity index (χ3v) is 19.6. The molecule has 57 heavy (non-hydrogen) atoms. The minimum absolute atomic E-state index is 0.0489. The highest BCUT2D eigenvalue weighted by molar-refractivity contribution is 6.10. The molecule has 1 unspecified atom stereocenters. The van der Waals surface area contributed by atoms with Crippen LogP contribution in [-0.2, 0) is 4.74 Å². The summed E-state index contributed by atoms with van der Waals surface area (Å²) in [5.41, 5.74) is -0.848. The number of ether oxygens (including phenoxy) is 1. The highest BCUT2D eigenvalue weighted by Gasteiger charge is 2.75. The summed E-state index contributed by atoms with van der Waals surface area (Å²) in [6.07, 6.45) is 23.0. The van der Waals surface area contributed by atoms with E-state index < -0.39 is 16.4 Å². The number of hydrogen-bond acceptors (Lipinski definition) is 5. The standard InChI is InChI=1S/C51H71NO5/c1-32(2)39-12-11-33(3)21-41(39)57-45(55)52(30-48-25-34-22-35(26-48)24-36(23-34)27-48)31-50(56)18-15-43-47(50,5)17-14-42-46(4)16-13-38(53)28-49(46)19-20-51(42,43)40(29-49)44(54)37-9-7-6-8-10-37/h6-10,19-20,29,32-36,38-39,41-43,53,56H,11-18,21-28,30-31H2,1-5H3/t33-,34?,35?,36?,38?,39+,41-,42+,43+,46+,47-,48?,49-,50+,51+/m0/s1. The number of allylic oxidation sites excluding steroid dienone is 4. The summed E-state index contributed by atoms with van der Waals surface area (Å²) in [5.74, 6) is 4.06. The molecule has 0 aliphatic heterocycles. The Balaban J connectivity index is 1.02. The quantitative estimate of drug-likeness (QED) is 0.203. The van der Waals surface area contributed by atoms with E-state index in [4.69, 9.17) is 4.74 Å². The first-order chi connectivity index (χ1) is 27.1. The number of fused-ring (bicyclic) bond motifs is 1. The maximum atomic E-state index is 15.0. The van der Waals surface area contributed by atoms with E-state index in [2.05, 4.69) is 57.7 Å². The molecule has 0 saturated heterocycles. The van der Waals surface area contributed by atoms with Crippen molar-refractivity contribution in [2.45, 2.75) is 155 Å². The molecule has 310 valence electrons. The molecule has 6 bridgehead atoms. The second kappa shape index (κ2) is 13.3. The average molecular weight is 778 g/mol. The molecule has 11 aliphatic rings. The zero-order valence-electron chi connectivity index (χ0n) is 35.7. The molecule has 2 N–H and O–H groups in total. The summed E-state index contributed by atoms with van der Waals surface area (Å²) in [4.78, 5) is 32.0. The van der Waals surface area contributed by atoms with Gasteiger partial charge in [0, 0.05) is 33.9 Å². The fourth-order valence-corrected chi connectivity index (χ4v) is 17.2. The molecule has 1 amide bonds. The van der Waals surface area contributed by atoms with Gasteiger partial charge in [-0.3, -0.25) is 4.79 Å². The third-order valence-electron chi connectivity index (χ3n) is 19.6. The van der Waals surface area contributed by atoms with E-state index in [-0.39, 0.29) is 52.2 Å². The maximum Gasteiger partial charge on any atom is 0.410 e. The molecule has 8 saturated carbocycles. The molecular weight excluding hydrogens is 707 g/mol. The number of aliphatic hydroxyl groups excluding tert-OH is 1. The molecule has 11 aliphatic carbocycles. The van der Waals surface area contributed by atoms with Crippen molar-refractivity contribution in [1.82, 2.24) is 4.90 Å². The highest BCUT2D eigenvalue weighted by Crippen LogP contribution is 2.78. The minimum atomic E-state index is -1.11. The lowest BCUT2D eigenvalue weighted by molar-refractivity contribution is -0.177. The molecule has 6 heteroatoms. The summed E-state index contributed by atoms with van der Waals surface area (Å²) in [6, 6.07) is 9.79. The predicted molar refractivity (Wildman–Crippen MR) is 223 cm³/mol. The van der Waals surface area contributed by atoms with Gasteiger partial charge in [0.1, 0.15) is 6.10 Å². The zero-order chi connectivity index (χ0) is 39.8. The Morgan fingerprint density at radius 1 is 0.807 bits per heavy atom. The van der Waals surface area contributed by atoms with Crippen molar-refractivity contribution < 1.29 is 24.5 Å². The number of rotatable bonds is 8. The van der Waals surface area contributed by atoms with Crippen LogP contribution in [0.3, 0.4) is 0 Å².